The van der Waals surface area contributed by atoms with E-state index in [9.17, 15) is 4.79 Å². The minimum absolute atomic E-state index is 0.0333. The molecule has 0 spiro atoms. The number of carbonyl (C=O) groups excluding carboxylic acids is 1. The van der Waals surface area contributed by atoms with Crippen molar-refractivity contribution in [3.8, 4) is 0 Å². The third-order valence-electron chi connectivity index (χ3n) is 2.42. The minimum atomic E-state index is 0.0333. The zero-order valence-corrected chi connectivity index (χ0v) is 11.9. The standard InChI is InChI=1S/C13H19BrN2O/c1-3-4-7-15-13(17)9-16-12-6-5-10(2)8-11(12)14/h5-6,8,16H,3-4,7,9H2,1-2H3,(H,15,17). The van der Waals surface area contributed by atoms with Crippen LogP contribution in [0.5, 0.6) is 0 Å². The smallest absolute Gasteiger partial charge is 0.239 e. The molecule has 0 atom stereocenters. The highest BCUT2D eigenvalue weighted by Gasteiger charge is 2.03. The maximum atomic E-state index is 11.5. The summed E-state index contributed by atoms with van der Waals surface area (Å²) >= 11 is 3.47. The SMILES string of the molecule is CCCCNC(=O)CNc1ccc(C)cc1Br. The predicted octanol–water partition coefficient (Wildman–Crippen LogP) is 3.09. The van der Waals surface area contributed by atoms with Crippen LogP contribution in [-0.4, -0.2) is 19.0 Å². The van der Waals surface area contributed by atoms with E-state index in [4.69, 9.17) is 0 Å². The molecule has 3 nitrogen and oxygen atoms in total. The van der Waals surface area contributed by atoms with Gasteiger partial charge < -0.3 is 10.6 Å². The van der Waals surface area contributed by atoms with Crippen molar-refractivity contribution in [1.82, 2.24) is 5.32 Å². The van der Waals surface area contributed by atoms with E-state index in [-0.39, 0.29) is 5.91 Å². The molecule has 0 bridgehead atoms. The van der Waals surface area contributed by atoms with Gasteiger partial charge in [-0.2, -0.15) is 0 Å². The van der Waals surface area contributed by atoms with Crippen LogP contribution in [0.3, 0.4) is 0 Å². The summed E-state index contributed by atoms with van der Waals surface area (Å²) in [7, 11) is 0. The molecule has 0 saturated carbocycles. The lowest BCUT2D eigenvalue weighted by atomic mass is 10.2. The van der Waals surface area contributed by atoms with Gasteiger partial charge in [0.15, 0.2) is 0 Å². The summed E-state index contributed by atoms with van der Waals surface area (Å²) in [5, 5.41) is 5.98. The first-order valence-electron chi connectivity index (χ1n) is 5.90. The first kappa shape index (κ1) is 14.0. The fourth-order valence-corrected chi connectivity index (χ4v) is 2.04. The molecule has 0 aromatic heterocycles. The van der Waals surface area contributed by atoms with E-state index in [1.807, 2.05) is 25.1 Å². The van der Waals surface area contributed by atoms with E-state index in [1.54, 1.807) is 0 Å². The first-order chi connectivity index (χ1) is 8.13. The van der Waals surface area contributed by atoms with Gasteiger partial charge in [0, 0.05) is 16.7 Å². The Balaban J connectivity index is 2.37. The lowest BCUT2D eigenvalue weighted by Gasteiger charge is -2.09. The lowest BCUT2D eigenvalue weighted by molar-refractivity contribution is -0.119. The zero-order chi connectivity index (χ0) is 12.7. The molecule has 0 saturated heterocycles. The molecule has 0 aliphatic carbocycles. The number of benzene rings is 1. The zero-order valence-electron chi connectivity index (χ0n) is 10.3. The fourth-order valence-electron chi connectivity index (χ4n) is 1.41. The van der Waals surface area contributed by atoms with E-state index in [0.717, 1.165) is 29.5 Å². The van der Waals surface area contributed by atoms with E-state index in [1.165, 1.54) is 5.56 Å². The van der Waals surface area contributed by atoms with Crippen LogP contribution in [0.1, 0.15) is 25.3 Å². The van der Waals surface area contributed by atoms with E-state index in [0.29, 0.717) is 6.54 Å². The van der Waals surface area contributed by atoms with Crippen LogP contribution in [0.25, 0.3) is 0 Å². The van der Waals surface area contributed by atoms with E-state index < -0.39 is 0 Å². The predicted molar refractivity (Wildman–Crippen MR) is 75.3 cm³/mol. The number of nitrogens with one attached hydrogen (secondary N) is 2. The van der Waals surface area contributed by atoms with Crippen molar-refractivity contribution >= 4 is 27.5 Å². The van der Waals surface area contributed by atoms with Crippen molar-refractivity contribution < 1.29 is 4.79 Å². The Morgan fingerprint density at radius 3 is 2.82 bits per heavy atom. The molecular weight excluding hydrogens is 280 g/mol. The van der Waals surface area contributed by atoms with Crippen molar-refractivity contribution in [2.75, 3.05) is 18.4 Å². The number of hydrogen-bond acceptors (Lipinski definition) is 2. The molecule has 0 fully saturated rings. The Bertz CT molecular complexity index is 380. The molecule has 1 rings (SSSR count). The normalized spacial score (nSPS) is 10.1. The third kappa shape index (κ3) is 5.22. The van der Waals surface area contributed by atoms with Crippen LogP contribution in [0.4, 0.5) is 5.69 Å². The highest BCUT2D eigenvalue weighted by Crippen LogP contribution is 2.22. The van der Waals surface area contributed by atoms with Gasteiger partial charge in [-0.15, -0.1) is 0 Å². The highest BCUT2D eigenvalue weighted by atomic mass is 79.9. The quantitative estimate of drug-likeness (QED) is 0.793. The molecule has 1 aromatic rings. The van der Waals surface area contributed by atoms with Gasteiger partial charge in [-0.1, -0.05) is 19.4 Å². The van der Waals surface area contributed by atoms with Crippen LogP contribution in [0.2, 0.25) is 0 Å². The van der Waals surface area contributed by atoms with Crippen LogP contribution in [0, 0.1) is 6.92 Å². The number of anilines is 1. The molecule has 0 unspecified atom stereocenters. The van der Waals surface area contributed by atoms with Gasteiger partial charge in [-0.3, -0.25) is 4.79 Å². The number of carbonyl (C=O) groups is 1. The highest BCUT2D eigenvalue weighted by molar-refractivity contribution is 9.10. The first-order valence-corrected chi connectivity index (χ1v) is 6.69. The second-order valence-electron chi connectivity index (χ2n) is 4.04. The Kier molecular flexibility index (Phi) is 6.05. The largest absolute Gasteiger partial charge is 0.375 e. The van der Waals surface area contributed by atoms with Gasteiger partial charge in [-0.25, -0.2) is 0 Å². The summed E-state index contributed by atoms with van der Waals surface area (Å²) in [6, 6.07) is 6.01. The lowest BCUT2D eigenvalue weighted by Crippen LogP contribution is -2.30. The average Bonchev–Trinajstić information content (AvgIpc) is 2.28. The van der Waals surface area contributed by atoms with Crippen molar-refractivity contribution in [2.45, 2.75) is 26.7 Å². The van der Waals surface area contributed by atoms with Gasteiger partial charge >= 0.3 is 0 Å². The summed E-state index contributed by atoms with van der Waals surface area (Å²) in [5.41, 5.74) is 2.14. The molecule has 0 heterocycles. The number of hydrogen-bond donors (Lipinski definition) is 2. The van der Waals surface area contributed by atoms with E-state index >= 15 is 0 Å². The Morgan fingerprint density at radius 2 is 2.18 bits per heavy atom. The second-order valence-corrected chi connectivity index (χ2v) is 4.89. The molecule has 2 N–H and O–H groups in total. The Labute approximate surface area is 111 Å². The Hall–Kier alpha value is -1.03. The molecule has 0 aliphatic rings. The van der Waals surface area contributed by atoms with Crippen LogP contribution in [-0.2, 0) is 4.79 Å². The molecule has 0 aliphatic heterocycles. The van der Waals surface area contributed by atoms with Gasteiger partial charge in [0.05, 0.1) is 6.54 Å². The van der Waals surface area contributed by atoms with Crippen molar-refractivity contribution in [3.63, 3.8) is 0 Å². The molecule has 4 heteroatoms. The summed E-state index contributed by atoms with van der Waals surface area (Å²) in [5.74, 6) is 0.0333. The van der Waals surface area contributed by atoms with Crippen LogP contribution >= 0.6 is 15.9 Å². The number of unbranched alkanes of at least 4 members (excludes halogenated alkanes) is 1. The van der Waals surface area contributed by atoms with Crippen molar-refractivity contribution in [1.29, 1.82) is 0 Å². The summed E-state index contributed by atoms with van der Waals surface area (Å²) in [6.45, 7) is 5.21. The van der Waals surface area contributed by atoms with Crippen molar-refractivity contribution in [2.24, 2.45) is 0 Å². The summed E-state index contributed by atoms with van der Waals surface area (Å²) in [4.78, 5) is 11.5. The molecular formula is C13H19BrN2O. The number of amides is 1. The number of aryl methyl sites for hydroxylation is 1. The number of rotatable bonds is 6. The minimum Gasteiger partial charge on any atom is -0.375 e. The van der Waals surface area contributed by atoms with Crippen molar-refractivity contribution in [3.05, 3.63) is 28.2 Å². The maximum Gasteiger partial charge on any atom is 0.239 e. The van der Waals surface area contributed by atoms with Gasteiger partial charge in [-0.05, 0) is 47.0 Å². The summed E-state index contributed by atoms with van der Waals surface area (Å²) < 4.78 is 0.985. The van der Waals surface area contributed by atoms with Crippen LogP contribution in [0.15, 0.2) is 22.7 Å². The molecule has 1 amide bonds. The molecule has 17 heavy (non-hydrogen) atoms. The topological polar surface area (TPSA) is 41.1 Å². The second kappa shape index (κ2) is 7.33. The van der Waals surface area contributed by atoms with Gasteiger partial charge in [0.2, 0.25) is 5.91 Å². The van der Waals surface area contributed by atoms with Gasteiger partial charge in [0.25, 0.3) is 0 Å². The average molecular weight is 299 g/mol. The Morgan fingerprint density at radius 1 is 1.41 bits per heavy atom. The summed E-state index contributed by atoms with van der Waals surface area (Å²) in [6.07, 6.45) is 2.12. The third-order valence-corrected chi connectivity index (χ3v) is 3.07. The van der Waals surface area contributed by atoms with Crippen LogP contribution < -0.4 is 10.6 Å². The number of halogens is 1. The van der Waals surface area contributed by atoms with Gasteiger partial charge in [0.1, 0.15) is 0 Å². The molecule has 0 radical (unpaired) electrons. The van der Waals surface area contributed by atoms with E-state index in [2.05, 4.69) is 33.5 Å². The molecule has 1 aromatic carbocycles. The molecule has 94 valence electrons. The monoisotopic (exact) mass is 298 g/mol. The fraction of sp³-hybridized carbons (Fsp3) is 0.462. The maximum absolute atomic E-state index is 11.5.